The van der Waals surface area contributed by atoms with Crippen molar-refractivity contribution in [2.75, 3.05) is 5.75 Å². The summed E-state index contributed by atoms with van der Waals surface area (Å²) in [4.78, 5) is 12.4. The van der Waals surface area contributed by atoms with Gasteiger partial charge >= 0.3 is 0 Å². The maximum Gasteiger partial charge on any atom is 0.173 e. The van der Waals surface area contributed by atoms with Crippen LogP contribution in [0.15, 0.2) is 47.4 Å². The van der Waals surface area contributed by atoms with Gasteiger partial charge < -0.3 is 0 Å². The molecule has 2 aromatic carbocycles. The molecule has 0 amide bonds. The monoisotopic (exact) mass is 390 g/mol. The van der Waals surface area contributed by atoms with Crippen molar-refractivity contribution < 1.29 is 13.6 Å². The highest BCUT2D eigenvalue weighted by Crippen LogP contribution is 2.21. The zero-order valence-electron chi connectivity index (χ0n) is 9.70. The van der Waals surface area contributed by atoms with E-state index in [2.05, 4.69) is 22.6 Å². The largest absolute Gasteiger partial charge is 0.293 e. The number of ketones is 1. The molecule has 2 rings (SSSR count). The highest BCUT2D eigenvalue weighted by molar-refractivity contribution is 14.1. The van der Waals surface area contributed by atoms with Crippen LogP contribution >= 0.6 is 34.4 Å². The Hall–Kier alpha value is -0.950. The molecule has 0 saturated carbocycles. The van der Waals surface area contributed by atoms with E-state index in [9.17, 15) is 13.6 Å². The van der Waals surface area contributed by atoms with Crippen LogP contribution in [-0.4, -0.2) is 11.5 Å². The van der Waals surface area contributed by atoms with Crippen LogP contribution in [0.2, 0.25) is 0 Å². The standard InChI is InChI=1S/C14H9F2IOS/c15-12-6-5-11(7-13(12)16)19-8-14(18)9-1-3-10(17)4-2-9/h1-7H,8H2. The van der Waals surface area contributed by atoms with Crippen molar-refractivity contribution in [3.63, 3.8) is 0 Å². The molecular formula is C14H9F2IOS. The van der Waals surface area contributed by atoms with Crippen LogP contribution < -0.4 is 0 Å². The van der Waals surface area contributed by atoms with Crippen molar-refractivity contribution in [1.29, 1.82) is 0 Å². The van der Waals surface area contributed by atoms with Crippen LogP contribution in [-0.2, 0) is 0 Å². The van der Waals surface area contributed by atoms with E-state index >= 15 is 0 Å². The lowest BCUT2D eigenvalue weighted by molar-refractivity contribution is 0.102. The molecule has 1 nitrogen and oxygen atoms in total. The Bertz CT molecular complexity index is 599. The summed E-state index contributed by atoms with van der Waals surface area (Å²) in [6.45, 7) is 0. The smallest absolute Gasteiger partial charge is 0.173 e. The van der Waals surface area contributed by atoms with E-state index in [1.165, 1.54) is 17.8 Å². The van der Waals surface area contributed by atoms with Crippen LogP contribution in [0.1, 0.15) is 10.4 Å². The maximum atomic E-state index is 13.0. The molecule has 0 unspecified atom stereocenters. The summed E-state index contributed by atoms with van der Waals surface area (Å²) >= 11 is 3.36. The zero-order valence-corrected chi connectivity index (χ0v) is 12.7. The van der Waals surface area contributed by atoms with Gasteiger partial charge in [0.1, 0.15) is 0 Å². The van der Waals surface area contributed by atoms with Crippen LogP contribution in [0.3, 0.4) is 0 Å². The number of halogens is 3. The third-order valence-electron chi connectivity index (χ3n) is 2.43. The summed E-state index contributed by atoms with van der Waals surface area (Å²) in [6.07, 6.45) is 0. The van der Waals surface area contributed by atoms with Crippen LogP contribution in [0.25, 0.3) is 0 Å². The second-order valence-corrected chi connectivity index (χ2v) is 6.09. The Morgan fingerprint density at radius 1 is 1.05 bits per heavy atom. The molecule has 0 bridgehead atoms. The maximum absolute atomic E-state index is 13.0. The van der Waals surface area contributed by atoms with Gasteiger partial charge in [0.15, 0.2) is 17.4 Å². The fraction of sp³-hybridized carbons (Fsp3) is 0.0714. The lowest BCUT2D eigenvalue weighted by atomic mass is 10.2. The molecule has 0 aliphatic carbocycles. The van der Waals surface area contributed by atoms with Crippen molar-refractivity contribution in [1.82, 2.24) is 0 Å². The van der Waals surface area contributed by atoms with Gasteiger partial charge in [0.2, 0.25) is 0 Å². The molecule has 0 radical (unpaired) electrons. The molecule has 0 atom stereocenters. The molecule has 0 heterocycles. The highest BCUT2D eigenvalue weighted by atomic mass is 127. The quantitative estimate of drug-likeness (QED) is 0.433. The van der Waals surface area contributed by atoms with Crippen LogP contribution in [0.4, 0.5) is 8.78 Å². The van der Waals surface area contributed by atoms with Crippen LogP contribution in [0.5, 0.6) is 0 Å². The molecule has 19 heavy (non-hydrogen) atoms. The Kier molecular flexibility index (Phi) is 4.93. The number of hydrogen-bond acceptors (Lipinski definition) is 2. The number of benzene rings is 2. The number of thioether (sulfide) groups is 1. The lowest BCUT2D eigenvalue weighted by Gasteiger charge is -2.03. The summed E-state index contributed by atoms with van der Waals surface area (Å²) in [6, 6.07) is 10.9. The molecule has 0 aliphatic heterocycles. The van der Waals surface area contributed by atoms with Gasteiger partial charge in [0.25, 0.3) is 0 Å². The number of carbonyl (C=O) groups excluding carboxylic acids is 1. The van der Waals surface area contributed by atoms with Gasteiger partial charge in [-0.1, -0.05) is 12.1 Å². The molecule has 0 N–H and O–H groups in total. The third kappa shape index (κ3) is 4.01. The Morgan fingerprint density at radius 3 is 2.37 bits per heavy atom. The van der Waals surface area contributed by atoms with E-state index in [0.29, 0.717) is 10.5 Å². The fourth-order valence-corrected chi connectivity index (χ4v) is 2.61. The van der Waals surface area contributed by atoms with Crippen molar-refractivity contribution >= 4 is 40.1 Å². The second kappa shape index (κ2) is 6.47. The van der Waals surface area contributed by atoms with Gasteiger partial charge in [-0.15, -0.1) is 11.8 Å². The first-order chi connectivity index (χ1) is 9.06. The molecule has 0 aromatic heterocycles. The predicted molar refractivity (Wildman–Crippen MR) is 80.6 cm³/mol. The average Bonchev–Trinajstić information content (AvgIpc) is 2.40. The van der Waals surface area contributed by atoms with E-state index in [-0.39, 0.29) is 11.5 Å². The summed E-state index contributed by atoms with van der Waals surface area (Å²) in [5, 5.41) is 0. The molecule has 0 aliphatic rings. The first-order valence-corrected chi connectivity index (χ1v) is 7.49. The summed E-state index contributed by atoms with van der Waals surface area (Å²) in [5.41, 5.74) is 0.621. The van der Waals surface area contributed by atoms with Crippen LogP contribution in [0, 0.1) is 15.2 Å². The third-order valence-corrected chi connectivity index (χ3v) is 4.14. The summed E-state index contributed by atoms with van der Waals surface area (Å²) in [5.74, 6) is -1.61. The minimum atomic E-state index is -0.897. The Morgan fingerprint density at radius 2 is 1.74 bits per heavy atom. The molecule has 0 fully saturated rings. The lowest BCUT2D eigenvalue weighted by Crippen LogP contribution is -2.02. The zero-order chi connectivity index (χ0) is 13.8. The van der Waals surface area contributed by atoms with E-state index < -0.39 is 11.6 Å². The molecule has 98 valence electrons. The highest BCUT2D eigenvalue weighted by Gasteiger charge is 2.08. The number of carbonyl (C=O) groups is 1. The van der Waals surface area contributed by atoms with Gasteiger partial charge in [-0.2, -0.15) is 0 Å². The van der Waals surface area contributed by atoms with Crippen molar-refractivity contribution in [3.05, 3.63) is 63.2 Å². The van der Waals surface area contributed by atoms with E-state index in [1.54, 1.807) is 12.1 Å². The first-order valence-electron chi connectivity index (χ1n) is 5.43. The number of Topliss-reactive ketones (excluding diaryl/α,β-unsaturated/α-hetero) is 1. The van der Waals surface area contributed by atoms with E-state index in [0.717, 1.165) is 15.7 Å². The molecule has 0 saturated heterocycles. The number of rotatable bonds is 4. The summed E-state index contributed by atoms with van der Waals surface area (Å²) in [7, 11) is 0. The topological polar surface area (TPSA) is 17.1 Å². The molecule has 0 spiro atoms. The second-order valence-electron chi connectivity index (χ2n) is 3.79. The van der Waals surface area contributed by atoms with E-state index in [4.69, 9.17) is 0 Å². The van der Waals surface area contributed by atoms with Gasteiger partial charge in [0.05, 0.1) is 5.75 Å². The van der Waals surface area contributed by atoms with Gasteiger partial charge in [-0.3, -0.25) is 4.79 Å². The fourth-order valence-electron chi connectivity index (χ4n) is 1.43. The molecular weight excluding hydrogens is 381 g/mol. The summed E-state index contributed by atoms with van der Waals surface area (Å²) < 4.78 is 26.8. The van der Waals surface area contributed by atoms with Crippen molar-refractivity contribution in [2.24, 2.45) is 0 Å². The normalized spacial score (nSPS) is 10.5. The molecule has 5 heteroatoms. The molecule has 2 aromatic rings. The van der Waals surface area contributed by atoms with Crippen molar-refractivity contribution in [3.8, 4) is 0 Å². The van der Waals surface area contributed by atoms with E-state index in [1.807, 2.05) is 12.1 Å². The first kappa shape index (κ1) is 14.5. The van der Waals surface area contributed by atoms with Gasteiger partial charge in [-0.05, 0) is 52.9 Å². The van der Waals surface area contributed by atoms with Gasteiger partial charge in [-0.25, -0.2) is 8.78 Å². The minimum Gasteiger partial charge on any atom is -0.293 e. The Labute approximate surface area is 127 Å². The van der Waals surface area contributed by atoms with Crippen molar-refractivity contribution in [2.45, 2.75) is 4.90 Å². The number of hydrogen-bond donors (Lipinski definition) is 0. The minimum absolute atomic E-state index is 0.0360. The predicted octanol–water partition coefficient (Wildman–Crippen LogP) is 4.54. The SMILES string of the molecule is O=C(CSc1ccc(F)c(F)c1)c1ccc(I)cc1. The Balaban J connectivity index is 2.00. The average molecular weight is 390 g/mol. The van der Waals surface area contributed by atoms with Gasteiger partial charge in [0, 0.05) is 14.0 Å².